The third-order valence-corrected chi connectivity index (χ3v) is 2.59. The minimum atomic E-state index is 0. The molecule has 0 saturated heterocycles. The lowest BCUT2D eigenvalue weighted by molar-refractivity contribution is 0.146. The zero-order chi connectivity index (χ0) is 13.6. The van der Waals surface area contributed by atoms with Crippen LogP contribution in [0.25, 0.3) is 0 Å². The fourth-order valence-electron chi connectivity index (χ4n) is 1.37. The number of hydrogen-bond acceptors (Lipinski definition) is 3. The summed E-state index contributed by atoms with van der Waals surface area (Å²) in [6.45, 7) is 12.5. The normalized spacial score (nSPS) is 11.3. The molecule has 116 valence electrons. The van der Waals surface area contributed by atoms with Gasteiger partial charge in [-0.05, 0) is 33.9 Å². The van der Waals surface area contributed by atoms with E-state index in [1.165, 1.54) is 0 Å². The Bertz CT molecular complexity index is 215. The van der Waals surface area contributed by atoms with Gasteiger partial charge in [-0.1, -0.05) is 6.92 Å². The molecule has 6 heteroatoms. The van der Waals surface area contributed by atoms with E-state index >= 15 is 0 Å². The third kappa shape index (κ3) is 14.1. The summed E-state index contributed by atoms with van der Waals surface area (Å²) in [6, 6.07) is 0. The van der Waals surface area contributed by atoms with Crippen molar-refractivity contribution in [1.29, 1.82) is 0 Å². The number of nitrogens with one attached hydrogen (secondary N) is 2. The number of halogens is 1. The van der Waals surface area contributed by atoms with Gasteiger partial charge in [-0.25, -0.2) is 0 Å². The van der Waals surface area contributed by atoms with Crippen LogP contribution in [0.15, 0.2) is 4.99 Å². The SMILES string of the molecule is CCNC(=NCCCOCC)NCCN(C)CC.I. The molecule has 0 radical (unpaired) electrons. The number of rotatable bonds is 10. The zero-order valence-corrected chi connectivity index (χ0v) is 15.2. The van der Waals surface area contributed by atoms with Crippen molar-refractivity contribution in [3.8, 4) is 0 Å². The number of guanidine groups is 1. The molecule has 2 N–H and O–H groups in total. The van der Waals surface area contributed by atoms with E-state index in [0.29, 0.717) is 0 Å². The summed E-state index contributed by atoms with van der Waals surface area (Å²) in [4.78, 5) is 6.77. The van der Waals surface area contributed by atoms with Gasteiger partial charge in [0.25, 0.3) is 0 Å². The monoisotopic (exact) mass is 386 g/mol. The molecule has 0 amide bonds. The number of likely N-dealkylation sites (N-methyl/N-ethyl adjacent to an activating group) is 1. The summed E-state index contributed by atoms with van der Waals surface area (Å²) in [7, 11) is 2.12. The maximum absolute atomic E-state index is 5.29. The molecule has 0 rings (SSSR count). The Morgan fingerprint density at radius 3 is 2.53 bits per heavy atom. The van der Waals surface area contributed by atoms with Gasteiger partial charge >= 0.3 is 0 Å². The molecule has 0 aliphatic heterocycles. The lowest BCUT2D eigenvalue weighted by Gasteiger charge is -2.16. The van der Waals surface area contributed by atoms with E-state index in [1.807, 2.05) is 6.92 Å². The minimum Gasteiger partial charge on any atom is -0.382 e. The Balaban J connectivity index is 0. The van der Waals surface area contributed by atoms with Crippen molar-refractivity contribution in [1.82, 2.24) is 15.5 Å². The van der Waals surface area contributed by atoms with Gasteiger partial charge in [0.05, 0.1) is 0 Å². The first kappa shape index (κ1) is 21.2. The molecule has 5 nitrogen and oxygen atoms in total. The van der Waals surface area contributed by atoms with E-state index in [9.17, 15) is 0 Å². The minimum absolute atomic E-state index is 0. The van der Waals surface area contributed by atoms with Crippen LogP contribution in [0.2, 0.25) is 0 Å². The molecular weight excluding hydrogens is 355 g/mol. The molecule has 0 bridgehead atoms. The molecule has 0 saturated carbocycles. The Morgan fingerprint density at radius 2 is 1.95 bits per heavy atom. The standard InChI is InChI=1S/C13H30N4O.HI/c1-5-14-13(15-9-8-12-18-7-3)16-10-11-17(4)6-2;/h5-12H2,1-4H3,(H2,14,15,16);1H. The number of ether oxygens (including phenoxy) is 1. The molecular formula is C13H31IN4O. The molecule has 0 aliphatic rings. The van der Waals surface area contributed by atoms with E-state index in [1.54, 1.807) is 0 Å². The maximum atomic E-state index is 5.29. The van der Waals surface area contributed by atoms with Gasteiger partial charge in [0.15, 0.2) is 5.96 Å². The molecule has 0 heterocycles. The van der Waals surface area contributed by atoms with Crippen molar-refractivity contribution >= 4 is 29.9 Å². The van der Waals surface area contributed by atoms with Gasteiger partial charge in [-0.15, -0.1) is 24.0 Å². The summed E-state index contributed by atoms with van der Waals surface area (Å²) in [5, 5.41) is 6.58. The van der Waals surface area contributed by atoms with E-state index in [-0.39, 0.29) is 24.0 Å². The van der Waals surface area contributed by atoms with Gasteiger partial charge in [0.2, 0.25) is 0 Å². The van der Waals surface area contributed by atoms with Gasteiger partial charge in [-0.2, -0.15) is 0 Å². The quantitative estimate of drug-likeness (QED) is 0.259. The van der Waals surface area contributed by atoms with Crippen molar-refractivity contribution in [2.45, 2.75) is 27.2 Å². The van der Waals surface area contributed by atoms with E-state index < -0.39 is 0 Å². The van der Waals surface area contributed by atoms with Crippen molar-refractivity contribution in [2.24, 2.45) is 4.99 Å². The van der Waals surface area contributed by atoms with Crippen molar-refractivity contribution in [3.05, 3.63) is 0 Å². The van der Waals surface area contributed by atoms with Crippen LogP contribution in [0.5, 0.6) is 0 Å². The number of hydrogen-bond donors (Lipinski definition) is 2. The van der Waals surface area contributed by atoms with Crippen molar-refractivity contribution < 1.29 is 4.74 Å². The largest absolute Gasteiger partial charge is 0.382 e. The first-order valence-corrected chi connectivity index (χ1v) is 7.03. The Hall–Kier alpha value is -0.0800. The molecule has 19 heavy (non-hydrogen) atoms. The zero-order valence-electron chi connectivity index (χ0n) is 12.9. The van der Waals surface area contributed by atoms with Gasteiger partial charge in [-0.3, -0.25) is 4.99 Å². The molecule has 0 aromatic carbocycles. The van der Waals surface area contributed by atoms with Crippen LogP contribution in [-0.4, -0.2) is 63.8 Å². The van der Waals surface area contributed by atoms with Gasteiger partial charge in [0, 0.05) is 39.4 Å². The second kappa shape index (κ2) is 16.0. The first-order valence-electron chi connectivity index (χ1n) is 7.03. The van der Waals surface area contributed by atoms with Crippen LogP contribution in [0.4, 0.5) is 0 Å². The third-order valence-electron chi connectivity index (χ3n) is 2.59. The Morgan fingerprint density at radius 1 is 1.21 bits per heavy atom. The lowest BCUT2D eigenvalue weighted by Crippen LogP contribution is -2.41. The molecule has 0 aromatic rings. The molecule has 0 aromatic heterocycles. The predicted molar refractivity (Wildman–Crippen MR) is 93.7 cm³/mol. The van der Waals surface area contributed by atoms with E-state index in [4.69, 9.17) is 4.74 Å². The smallest absolute Gasteiger partial charge is 0.191 e. The summed E-state index contributed by atoms with van der Waals surface area (Å²) in [6.07, 6.45) is 0.972. The van der Waals surface area contributed by atoms with Crippen LogP contribution in [0.1, 0.15) is 27.2 Å². The fraction of sp³-hybridized carbons (Fsp3) is 0.923. The van der Waals surface area contributed by atoms with Crippen LogP contribution >= 0.6 is 24.0 Å². The highest BCUT2D eigenvalue weighted by molar-refractivity contribution is 14.0. The number of nitrogens with zero attached hydrogens (tertiary/aromatic N) is 2. The van der Waals surface area contributed by atoms with Crippen LogP contribution < -0.4 is 10.6 Å². The van der Waals surface area contributed by atoms with Crippen molar-refractivity contribution in [3.63, 3.8) is 0 Å². The fourth-order valence-corrected chi connectivity index (χ4v) is 1.37. The molecule has 0 fully saturated rings. The van der Waals surface area contributed by atoms with E-state index in [2.05, 4.69) is 41.4 Å². The second-order valence-corrected chi connectivity index (χ2v) is 4.13. The molecule has 0 spiro atoms. The Kier molecular flexibility index (Phi) is 17.8. The summed E-state index contributed by atoms with van der Waals surface area (Å²) < 4.78 is 5.29. The van der Waals surface area contributed by atoms with Crippen LogP contribution in [-0.2, 0) is 4.74 Å². The summed E-state index contributed by atoms with van der Waals surface area (Å²) in [5.41, 5.74) is 0. The topological polar surface area (TPSA) is 48.9 Å². The highest BCUT2D eigenvalue weighted by Crippen LogP contribution is 1.85. The molecule has 0 unspecified atom stereocenters. The molecule has 0 atom stereocenters. The van der Waals surface area contributed by atoms with E-state index in [0.717, 1.165) is 58.3 Å². The predicted octanol–water partition coefficient (Wildman–Crippen LogP) is 1.54. The maximum Gasteiger partial charge on any atom is 0.191 e. The summed E-state index contributed by atoms with van der Waals surface area (Å²) >= 11 is 0. The van der Waals surface area contributed by atoms with Crippen LogP contribution in [0, 0.1) is 0 Å². The van der Waals surface area contributed by atoms with Gasteiger partial charge < -0.3 is 20.3 Å². The van der Waals surface area contributed by atoms with Gasteiger partial charge in [0.1, 0.15) is 0 Å². The Labute approximate surface area is 135 Å². The molecule has 0 aliphatic carbocycles. The van der Waals surface area contributed by atoms with Crippen LogP contribution in [0.3, 0.4) is 0 Å². The second-order valence-electron chi connectivity index (χ2n) is 4.13. The number of aliphatic imine (C=N–C) groups is 1. The summed E-state index contributed by atoms with van der Waals surface area (Å²) in [5.74, 6) is 0.901. The highest BCUT2D eigenvalue weighted by Gasteiger charge is 1.98. The first-order chi connectivity index (χ1) is 8.74. The lowest BCUT2D eigenvalue weighted by atomic mass is 10.4. The average molecular weight is 386 g/mol. The average Bonchev–Trinajstić information content (AvgIpc) is 2.38. The highest BCUT2D eigenvalue weighted by atomic mass is 127. The van der Waals surface area contributed by atoms with Crippen molar-refractivity contribution in [2.75, 3.05) is 53.0 Å².